The molecule has 0 heterocycles. The van der Waals surface area contributed by atoms with Crippen molar-refractivity contribution >= 4 is 17.7 Å². The highest BCUT2D eigenvalue weighted by Crippen LogP contribution is 2.66. The minimum Gasteiger partial charge on any atom is -0.463 e. The van der Waals surface area contributed by atoms with Crippen molar-refractivity contribution in [3.05, 3.63) is 11.6 Å². The molecule has 0 bridgehead atoms. The van der Waals surface area contributed by atoms with E-state index in [1.54, 1.807) is 0 Å². The number of carbonyl (C=O) groups is 3. The first-order valence-electron chi connectivity index (χ1n) is 11.7. The van der Waals surface area contributed by atoms with Gasteiger partial charge < -0.3 is 9.47 Å². The maximum atomic E-state index is 12.8. The third-order valence-corrected chi connectivity index (χ3v) is 9.24. The fraction of sp³-hybridized carbons (Fsp3) is 0.800. The van der Waals surface area contributed by atoms with E-state index >= 15 is 0 Å². The summed E-state index contributed by atoms with van der Waals surface area (Å²) in [5.41, 5.74) is 1.13. The maximum absolute atomic E-state index is 12.8. The Kier molecular flexibility index (Phi) is 5.61. The van der Waals surface area contributed by atoms with Crippen LogP contribution < -0.4 is 0 Å². The number of Topliss-reactive ketones (excluding diaryl/α,β-unsaturated/α-hetero) is 1. The molecule has 0 aromatic rings. The molecule has 0 saturated heterocycles. The molecule has 30 heavy (non-hydrogen) atoms. The van der Waals surface area contributed by atoms with Gasteiger partial charge in [0.05, 0.1) is 0 Å². The van der Waals surface area contributed by atoms with E-state index in [9.17, 15) is 14.4 Å². The number of hydrogen-bond acceptors (Lipinski definition) is 5. The van der Waals surface area contributed by atoms with Gasteiger partial charge in [0.15, 0.2) is 12.4 Å². The lowest BCUT2D eigenvalue weighted by Crippen LogP contribution is -2.54. The lowest BCUT2D eigenvalue weighted by Gasteiger charge is -2.60. The summed E-state index contributed by atoms with van der Waals surface area (Å²) in [6, 6.07) is 0. The van der Waals surface area contributed by atoms with Crippen molar-refractivity contribution < 1.29 is 23.9 Å². The van der Waals surface area contributed by atoms with Crippen molar-refractivity contribution in [2.75, 3.05) is 6.61 Å². The molecule has 0 spiro atoms. The van der Waals surface area contributed by atoms with E-state index in [1.165, 1.54) is 26.7 Å². The monoisotopic (exact) mass is 416 g/mol. The third-order valence-electron chi connectivity index (χ3n) is 9.24. The smallest absolute Gasteiger partial charge is 0.303 e. The molecule has 3 saturated carbocycles. The molecule has 4 aliphatic rings. The predicted octanol–water partition coefficient (Wildman–Crippen LogP) is 4.63. The minimum atomic E-state index is -0.400. The molecule has 4 rings (SSSR count). The van der Waals surface area contributed by atoms with Gasteiger partial charge in [-0.3, -0.25) is 14.4 Å². The fourth-order valence-corrected chi connectivity index (χ4v) is 7.81. The SMILES string of the molecule is CC(=O)OCC(=O)C1=CCC2C3CC[C@H]4C[C@@H](OC(C)=O)CC[C@]4(C)C3CC[C@]12C. The van der Waals surface area contributed by atoms with E-state index in [4.69, 9.17) is 9.47 Å². The van der Waals surface area contributed by atoms with Crippen molar-refractivity contribution in [2.24, 2.45) is 34.5 Å². The Bertz CT molecular complexity index is 770. The average molecular weight is 417 g/mol. The van der Waals surface area contributed by atoms with Gasteiger partial charge in [-0.25, -0.2) is 0 Å². The van der Waals surface area contributed by atoms with Crippen molar-refractivity contribution in [3.63, 3.8) is 0 Å². The zero-order valence-corrected chi connectivity index (χ0v) is 18.9. The Hall–Kier alpha value is -1.65. The highest BCUT2D eigenvalue weighted by molar-refractivity contribution is 5.99. The largest absolute Gasteiger partial charge is 0.463 e. The lowest BCUT2D eigenvalue weighted by molar-refractivity contribution is -0.159. The van der Waals surface area contributed by atoms with Crippen LogP contribution in [-0.4, -0.2) is 30.4 Å². The first-order chi connectivity index (χ1) is 14.1. The molecule has 3 unspecified atom stereocenters. The highest BCUT2D eigenvalue weighted by Gasteiger charge is 2.59. The molecule has 7 atom stereocenters. The van der Waals surface area contributed by atoms with Gasteiger partial charge in [-0.15, -0.1) is 0 Å². The Morgan fingerprint density at radius 1 is 1.00 bits per heavy atom. The van der Waals surface area contributed by atoms with Crippen molar-refractivity contribution in [1.29, 1.82) is 0 Å². The number of esters is 2. The van der Waals surface area contributed by atoms with Gasteiger partial charge in [-0.05, 0) is 85.9 Å². The van der Waals surface area contributed by atoms with Crippen LogP contribution in [0.3, 0.4) is 0 Å². The van der Waals surface area contributed by atoms with Gasteiger partial charge in [0.25, 0.3) is 0 Å². The molecule has 3 fully saturated rings. The van der Waals surface area contributed by atoms with Crippen LogP contribution in [-0.2, 0) is 23.9 Å². The minimum absolute atomic E-state index is 0.0181. The molecule has 0 aromatic heterocycles. The van der Waals surface area contributed by atoms with Crippen LogP contribution in [0.25, 0.3) is 0 Å². The number of hydrogen-bond donors (Lipinski definition) is 0. The van der Waals surface area contributed by atoms with E-state index in [0.717, 1.165) is 44.1 Å². The van der Waals surface area contributed by atoms with Gasteiger partial charge >= 0.3 is 11.9 Å². The van der Waals surface area contributed by atoms with Crippen molar-refractivity contribution in [1.82, 2.24) is 0 Å². The Labute approximate surface area is 179 Å². The molecule has 0 radical (unpaired) electrons. The second-order valence-electron chi connectivity index (χ2n) is 10.7. The second-order valence-corrected chi connectivity index (χ2v) is 10.7. The Morgan fingerprint density at radius 3 is 2.47 bits per heavy atom. The van der Waals surface area contributed by atoms with Crippen molar-refractivity contribution in [2.45, 2.75) is 85.2 Å². The number of rotatable bonds is 4. The summed E-state index contributed by atoms with van der Waals surface area (Å²) in [5, 5.41) is 0. The summed E-state index contributed by atoms with van der Waals surface area (Å²) in [7, 11) is 0. The summed E-state index contributed by atoms with van der Waals surface area (Å²) in [6.45, 7) is 7.48. The molecule has 0 amide bonds. The van der Waals surface area contributed by atoms with E-state index in [2.05, 4.69) is 19.9 Å². The number of ketones is 1. The molecule has 5 nitrogen and oxygen atoms in total. The standard InChI is InChI=1S/C25H36O5/c1-15(26)29-14-23(28)22-8-7-20-19-6-5-17-13-18(30-16(2)27)9-11-24(17,3)21(19)10-12-25(20,22)4/h8,17-21H,5-7,9-14H2,1-4H3/t17-,18-,19?,20?,21?,24-,25-/m0/s1. The number of fused-ring (bicyclic) bond motifs is 5. The van der Waals surface area contributed by atoms with E-state index < -0.39 is 5.97 Å². The normalized spacial score (nSPS) is 42.3. The van der Waals surface area contributed by atoms with Crippen LogP contribution in [0.4, 0.5) is 0 Å². The van der Waals surface area contributed by atoms with Crippen LogP contribution in [0.15, 0.2) is 11.6 Å². The zero-order chi connectivity index (χ0) is 21.7. The Morgan fingerprint density at radius 2 is 1.77 bits per heavy atom. The summed E-state index contributed by atoms with van der Waals surface area (Å²) >= 11 is 0. The fourth-order valence-electron chi connectivity index (χ4n) is 7.81. The summed E-state index contributed by atoms with van der Waals surface area (Å²) in [5.74, 6) is 1.89. The number of carbonyl (C=O) groups excluding carboxylic acids is 3. The number of ether oxygens (including phenoxy) is 2. The van der Waals surface area contributed by atoms with Crippen LogP contribution in [0.2, 0.25) is 0 Å². The molecule has 166 valence electrons. The third kappa shape index (κ3) is 3.52. The van der Waals surface area contributed by atoms with Crippen LogP contribution in [0.5, 0.6) is 0 Å². The summed E-state index contributed by atoms with van der Waals surface area (Å²) in [6.07, 6.45) is 10.9. The lowest BCUT2D eigenvalue weighted by atomic mass is 9.44. The first-order valence-corrected chi connectivity index (χ1v) is 11.7. The predicted molar refractivity (Wildman–Crippen MR) is 112 cm³/mol. The van der Waals surface area contributed by atoms with E-state index in [1.807, 2.05) is 0 Å². The highest BCUT2D eigenvalue weighted by atomic mass is 16.5. The van der Waals surface area contributed by atoms with Crippen LogP contribution in [0, 0.1) is 34.5 Å². The molecule has 4 aliphatic carbocycles. The topological polar surface area (TPSA) is 69.7 Å². The van der Waals surface area contributed by atoms with Crippen LogP contribution in [0.1, 0.15) is 79.1 Å². The molecule has 0 aliphatic heterocycles. The maximum Gasteiger partial charge on any atom is 0.303 e. The molecule has 0 N–H and O–H groups in total. The molecular weight excluding hydrogens is 380 g/mol. The van der Waals surface area contributed by atoms with Gasteiger partial charge in [-0.2, -0.15) is 0 Å². The second kappa shape index (κ2) is 7.80. The van der Waals surface area contributed by atoms with E-state index in [-0.39, 0.29) is 29.9 Å². The number of allylic oxidation sites excluding steroid dienone is 1. The Balaban J connectivity index is 1.48. The summed E-state index contributed by atoms with van der Waals surface area (Å²) in [4.78, 5) is 35.4. The summed E-state index contributed by atoms with van der Waals surface area (Å²) < 4.78 is 10.6. The van der Waals surface area contributed by atoms with Crippen LogP contribution >= 0.6 is 0 Å². The van der Waals surface area contributed by atoms with Crippen molar-refractivity contribution in [3.8, 4) is 0 Å². The van der Waals surface area contributed by atoms with Gasteiger partial charge in [0.2, 0.25) is 0 Å². The first kappa shape index (κ1) is 21.6. The molecular formula is C25H36O5. The molecule has 5 heteroatoms. The average Bonchev–Trinajstić information content (AvgIpc) is 3.03. The van der Waals surface area contributed by atoms with Gasteiger partial charge in [-0.1, -0.05) is 19.9 Å². The molecule has 0 aromatic carbocycles. The quantitative estimate of drug-likeness (QED) is 0.625. The van der Waals surface area contributed by atoms with E-state index in [0.29, 0.717) is 29.1 Å². The van der Waals surface area contributed by atoms with Gasteiger partial charge in [0.1, 0.15) is 6.10 Å². The van der Waals surface area contributed by atoms with Gasteiger partial charge in [0, 0.05) is 19.4 Å². The zero-order valence-electron chi connectivity index (χ0n) is 18.9.